The molecular weight excluding hydrogens is 395 g/mol. The van der Waals surface area contributed by atoms with Crippen molar-refractivity contribution in [1.82, 2.24) is 15.8 Å². The average molecular weight is 423 g/mol. The van der Waals surface area contributed by atoms with E-state index in [9.17, 15) is 18.0 Å². The van der Waals surface area contributed by atoms with E-state index in [2.05, 4.69) is 43.5 Å². The fourth-order valence-corrected chi connectivity index (χ4v) is 4.46. The molecule has 164 valence electrons. The molecule has 1 amide bonds. The van der Waals surface area contributed by atoms with E-state index in [1.807, 2.05) is 0 Å². The third-order valence-electron chi connectivity index (χ3n) is 5.30. The quantitative estimate of drug-likeness (QED) is 0.730. The summed E-state index contributed by atoms with van der Waals surface area (Å²) in [6, 6.07) is 4.81. The van der Waals surface area contributed by atoms with Crippen LogP contribution in [0.2, 0.25) is 0 Å². The summed E-state index contributed by atoms with van der Waals surface area (Å²) >= 11 is 0. The molecule has 1 aliphatic heterocycles. The van der Waals surface area contributed by atoms with Gasteiger partial charge in [-0.25, -0.2) is 0 Å². The van der Waals surface area contributed by atoms with Crippen molar-refractivity contribution in [3.63, 3.8) is 0 Å². The number of halogens is 3. The molecule has 30 heavy (non-hydrogen) atoms. The van der Waals surface area contributed by atoms with Gasteiger partial charge in [0.15, 0.2) is 5.76 Å². The molecule has 5 nitrogen and oxygen atoms in total. The Morgan fingerprint density at radius 1 is 1.17 bits per heavy atom. The second-order valence-electron chi connectivity index (χ2n) is 9.32. The van der Waals surface area contributed by atoms with Crippen molar-refractivity contribution < 1.29 is 22.5 Å². The Kier molecular flexibility index (Phi) is 6.00. The second kappa shape index (κ2) is 8.06. The minimum Gasteiger partial charge on any atom is -0.356 e. The number of carbonyl (C=O) groups is 1. The molecule has 0 spiro atoms. The Balaban J connectivity index is 1.61. The lowest BCUT2D eigenvalue weighted by molar-refractivity contribution is -0.137. The number of hydrogen-bond donors (Lipinski definition) is 2. The molecule has 1 aliphatic rings. The van der Waals surface area contributed by atoms with Gasteiger partial charge >= 0.3 is 6.18 Å². The number of benzene rings is 1. The Morgan fingerprint density at radius 3 is 2.33 bits per heavy atom. The van der Waals surface area contributed by atoms with Crippen LogP contribution in [-0.4, -0.2) is 28.2 Å². The number of aryl methyl sites for hydroxylation is 1. The molecule has 2 heterocycles. The molecule has 1 aromatic carbocycles. The number of carbonyl (C=O) groups excluding carboxylic acids is 1. The van der Waals surface area contributed by atoms with Gasteiger partial charge in [-0.15, -0.1) is 0 Å². The fourth-order valence-electron chi connectivity index (χ4n) is 4.46. The zero-order valence-corrected chi connectivity index (χ0v) is 17.7. The van der Waals surface area contributed by atoms with Gasteiger partial charge in [-0.3, -0.25) is 4.79 Å². The summed E-state index contributed by atoms with van der Waals surface area (Å²) in [6.45, 7) is 8.50. The molecule has 0 bridgehead atoms. The summed E-state index contributed by atoms with van der Waals surface area (Å²) in [5, 5.41) is 10.5. The van der Waals surface area contributed by atoms with Crippen LogP contribution in [0, 0.1) is 0 Å². The number of rotatable bonds is 5. The van der Waals surface area contributed by atoms with Crippen molar-refractivity contribution in [2.24, 2.45) is 0 Å². The number of aromatic nitrogens is 1. The van der Waals surface area contributed by atoms with Gasteiger partial charge in [0.05, 0.1) is 11.8 Å². The van der Waals surface area contributed by atoms with E-state index in [-0.39, 0.29) is 29.4 Å². The Hall–Kier alpha value is -2.35. The second-order valence-corrected chi connectivity index (χ2v) is 9.32. The van der Waals surface area contributed by atoms with Crippen molar-refractivity contribution in [1.29, 1.82) is 0 Å². The van der Waals surface area contributed by atoms with Gasteiger partial charge in [0.25, 0.3) is 0 Å². The summed E-state index contributed by atoms with van der Waals surface area (Å²) in [7, 11) is 0. The number of nitrogens with one attached hydrogen (secondary N) is 2. The predicted molar refractivity (Wildman–Crippen MR) is 108 cm³/mol. The molecule has 0 radical (unpaired) electrons. The highest BCUT2D eigenvalue weighted by Gasteiger charge is 2.38. The third-order valence-corrected chi connectivity index (χ3v) is 5.30. The molecule has 2 aromatic rings. The Morgan fingerprint density at radius 2 is 1.77 bits per heavy atom. The average Bonchev–Trinajstić information content (AvgIpc) is 3.05. The molecule has 8 heteroatoms. The first kappa shape index (κ1) is 22.3. The van der Waals surface area contributed by atoms with Gasteiger partial charge in [-0.1, -0.05) is 17.3 Å². The summed E-state index contributed by atoms with van der Waals surface area (Å²) in [4.78, 5) is 12.5. The number of hydrogen-bond acceptors (Lipinski definition) is 4. The molecule has 0 unspecified atom stereocenters. The number of alkyl halides is 3. The van der Waals surface area contributed by atoms with Crippen LogP contribution in [0.5, 0.6) is 0 Å². The SMILES string of the molecule is CC1(C)CC(NC(=O)CCc2cnoc2-c2ccc(C(F)(F)F)cc2)CC(C)(C)N1. The molecule has 3 rings (SSSR count). The normalized spacial score (nSPS) is 18.9. The number of piperidine rings is 1. The van der Waals surface area contributed by atoms with Crippen molar-refractivity contribution in [3.8, 4) is 11.3 Å². The highest BCUT2D eigenvalue weighted by atomic mass is 19.4. The van der Waals surface area contributed by atoms with Crippen LogP contribution in [0.1, 0.15) is 58.1 Å². The van der Waals surface area contributed by atoms with E-state index in [1.165, 1.54) is 18.3 Å². The van der Waals surface area contributed by atoms with Gasteiger partial charge in [0.2, 0.25) is 5.91 Å². The van der Waals surface area contributed by atoms with E-state index < -0.39 is 11.7 Å². The molecule has 1 saturated heterocycles. The minimum atomic E-state index is -4.39. The first-order valence-electron chi connectivity index (χ1n) is 10.0. The molecule has 2 N–H and O–H groups in total. The Bertz CT molecular complexity index is 870. The molecule has 0 aliphatic carbocycles. The van der Waals surface area contributed by atoms with E-state index in [0.717, 1.165) is 25.0 Å². The Labute approximate surface area is 174 Å². The summed E-state index contributed by atoms with van der Waals surface area (Å²) in [6.07, 6.45) is -0.558. The van der Waals surface area contributed by atoms with Crippen molar-refractivity contribution >= 4 is 5.91 Å². The standard InChI is InChI=1S/C22H28F3N3O2/c1-20(2)11-17(12-21(3,4)28-20)27-18(29)10-7-15-13-26-30-19(15)14-5-8-16(9-6-14)22(23,24)25/h5-6,8-9,13,17,28H,7,10-12H2,1-4H3,(H,27,29). The van der Waals surface area contributed by atoms with Gasteiger partial charge < -0.3 is 15.2 Å². The van der Waals surface area contributed by atoms with Crippen LogP contribution >= 0.6 is 0 Å². The van der Waals surface area contributed by atoms with Gasteiger partial charge in [0, 0.05) is 34.7 Å². The van der Waals surface area contributed by atoms with Crippen molar-refractivity contribution in [2.75, 3.05) is 0 Å². The van der Waals surface area contributed by atoms with Gasteiger partial charge in [0.1, 0.15) is 0 Å². The summed E-state index contributed by atoms with van der Waals surface area (Å²) < 4.78 is 43.5. The molecule has 0 atom stereocenters. The van der Waals surface area contributed by atoms with Crippen LogP contribution in [-0.2, 0) is 17.4 Å². The summed E-state index contributed by atoms with van der Waals surface area (Å²) in [5.74, 6) is 0.328. The monoisotopic (exact) mass is 423 g/mol. The maximum Gasteiger partial charge on any atom is 0.416 e. The summed E-state index contributed by atoms with van der Waals surface area (Å²) in [5.41, 5.74) is 0.335. The van der Waals surface area contributed by atoms with Crippen molar-refractivity contribution in [2.45, 2.75) is 76.7 Å². The topological polar surface area (TPSA) is 67.2 Å². The van der Waals surface area contributed by atoms with E-state index in [1.54, 1.807) is 0 Å². The lowest BCUT2D eigenvalue weighted by Crippen LogP contribution is -2.62. The molecular formula is C22H28F3N3O2. The third kappa shape index (κ3) is 5.62. The van der Waals surface area contributed by atoms with E-state index in [4.69, 9.17) is 4.52 Å². The van der Waals surface area contributed by atoms with Crippen LogP contribution in [0.15, 0.2) is 35.0 Å². The number of amides is 1. The smallest absolute Gasteiger partial charge is 0.356 e. The first-order valence-corrected chi connectivity index (χ1v) is 10.0. The van der Waals surface area contributed by atoms with Gasteiger partial charge in [-0.05, 0) is 59.1 Å². The predicted octanol–water partition coefficient (Wildman–Crippen LogP) is 4.72. The molecule has 1 aromatic heterocycles. The highest BCUT2D eigenvalue weighted by Crippen LogP contribution is 2.32. The number of nitrogens with zero attached hydrogens (tertiary/aromatic N) is 1. The fraction of sp³-hybridized carbons (Fsp3) is 0.545. The largest absolute Gasteiger partial charge is 0.416 e. The van der Waals surface area contributed by atoms with Gasteiger partial charge in [-0.2, -0.15) is 13.2 Å². The lowest BCUT2D eigenvalue weighted by Gasteiger charge is -2.46. The van der Waals surface area contributed by atoms with Crippen LogP contribution in [0.4, 0.5) is 13.2 Å². The zero-order valence-electron chi connectivity index (χ0n) is 17.7. The minimum absolute atomic E-state index is 0.0620. The van der Waals surface area contributed by atoms with Crippen LogP contribution < -0.4 is 10.6 Å². The highest BCUT2D eigenvalue weighted by molar-refractivity contribution is 5.77. The molecule has 0 saturated carbocycles. The van der Waals surface area contributed by atoms with E-state index >= 15 is 0 Å². The van der Waals surface area contributed by atoms with E-state index in [0.29, 0.717) is 23.3 Å². The molecule has 1 fully saturated rings. The maximum absolute atomic E-state index is 12.8. The maximum atomic E-state index is 12.8. The van der Waals surface area contributed by atoms with Crippen LogP contribution in [0.3, 0.4) is 0 Å². The zero-order chi connectivity index (χ0) is 22.2. The lowest BCUT2D eigenvalue weighted by atomic mass is 9.79. The first-order chi connectivity index (χ1) is 13.8. The van der Waals surface area contributed by atoms with Crippen LogP contribution in [0.25, 0.3) is 11.3 Å². The van der Waals surface area contributed by atoms with Crippen molar-refractivity contribution in [3.05, 3.63) is 41.6 Å².